The highest BCUT2D eigenvalue weighted by Crippen LogP contribution is 2.11. The Balaban J connectivity index is 2.72. The highest BCUT2D eigenvalue weighted by molar-refractivity contribution is 6.01. The summed E-state index contributed by atoms with van der Waals surface area (Å²) in [6, 6.07) is 0. The molecular formula is C8H11FN2O2. The van der Waals surface area contributed by atoms with Crippen molar-refractivity contribution in [3.63, 3.8) is 0 Å². The van der Waals surface area contributed by atoms with Crippen LogP contribution in [-0.2, 0) is 9.63 Å². The molecule has 0 atom stereocenters. The van der Waals surface area contributed by atoms with E-state index in [1.54, 1.807) is 0 Å². The van der Waals surface area contributed by atoms with E-state index < -0.39 is 5.97 Å². The van der Waals surface area contributed by atoms with Crippen molar-refractivity contribution in [3.8, 4) is 0 Å². The van der Waals surface area contributed by atoms with Gasteiger partial charge in [0.15, 0.2) is 0 Å². The first-order valence-corrected chi connectivity index (χ1v) is 3.88. The maximum Gasteiger partial charge on any atom is 0.273 e. The summed E-state index contributed by atoms with van der Waals surface area (Å²) in [6.45, 7) is 0.320. The predicted molar refractivity (Wildman–Crippen MR) is 45.9 cm³/mol. The zero-order chi connectivity index (χ0) is 9.84. The zero-order valence-electron chi connectivity index (χ0n) is 7.58. The number of hydroxylamine groups is 2. The molecule has 13 heavy (non-hydrogen) atoms. The van der Waals surface area contributed by atoms with Gasteiger partial charge >= 0.3 is 0 Å². The SMILES string of the molecule is CON(C)C(=O)C1=CC(F)=NCC1. The van der Waals surface area contributed by atoms with Crippen LogP contribution in [-0.4, -0.2) is 37.6 Å². The van der Waals surface area contributed by atoms with Crippen molar-refractivity contribution in [2.45, 2.75) is 6.42 Å². The normalized spacial score (nSPS) is 16.2. The minimum atomic E-state index is -0.598. The van der Waals surface area contributed by atoms with Gasteiger partial charge in [-0.1, -0.05) is 0 Å². The standard InChI is InChI=1S/C8H11FN2O2/c1-11(13-2)8(12)6-3-4-10-7(9)5-6/h5H,3-4H2,1-2H3. The number of nitrogens with zero attached hydrogens (tertiary/aromatic N) is 2. The van der Waals surface area contributed by atoms with Gasteiger partial charge in [0.2, 0.25) is 5.97 Å². The van der Waals surface area contributed by atoms with E-state index in [-0.39, 0.29) is 5.91 Å². The van der Waals surface area contributed by atoms with Crippen LogP contribution in [0.2, 0.25) is 0 Å². The third kappa shape index (κ3) is 2.35. The summed E-state index contributed by atoms with van der Waals surface area (Å²) >= 11 is 0. The Hall–Kier alpha value is -1.23. The molecule has 72 valence electrons. The number of carbonyl (C=O) groups excluding carboxylic acids is 1. The molecule has 0 N–H and O–H groups in total. The summed E-state index contributed by atoms with van der Waals surface area (Å²) in [5.41, 5.74) is 0.386. The Kier molecular flexibility index (Phi) is 3.13. The molecule has 0 bridgehead atoms. The lowest BCUT2D eigenvalue weighted by Gasteiger charge is -2.16. The molecule has 4 nitrogen and oxygen atoms in total. The summed E-state index contributed by atoms with van der Waals surface area (Å²) in [5, 5.41) is 1.06. The van der Waals surface area contributed by atoms with Gasteiger partial charge in [0.25, 0.3) is 5.91 Å². The summed E-state index contributed by atoms with van der Waals surface area (Å²) < 4.78 is 12.6. The predicted octanol–water partition coefficient (Wildman–Crippen LogP) is 0.704. The minimum absolute atomic E-state index is 0.320. The van der Waals surface area contributed by atoms with Crippen LogP contribution in [0.3, 0.4) is 0 Å². The molecule has 1 aliphatic heterocycles. The Labute approximate surface area is 75.6 Å². The lowest BCUT2D eigenvalue weighted by molar-refractivity contribution is -0.164. The number of amides is 1. The third-order valence-electron chi connectivity index (χ3n) is 1.77. The van der Waals surface area contributed by atoms with Gasteiger partial charge < -0.3 is 0 Å². The van der Waals surface area contributed by atoms with Crippen molar-refractivity contribution < 1.29 is 14.0 Å². The number of aliphatic imine (C=N–C) groups is 1. The maximum absolute atomic E-state index is 12.6. The zero-order valence-corrected chi connectivity index (χ0v) is 7.58. The number of halogens is 1. The number of hydrogen-bond acceptors (Lipinski definition) is 3. The van der Waals surface area contributed by atoms with Crippen LogP contribution in [0.25, 0.3) is 0 Å². The van der Waals surface area contributed by atoms with E-state index in [1.165, 1.54) is 14.2 Å². The van der Waals surface area contributed by atoms with E-state index in [1.807, 2.05) is 0 Å². The monoisotopic (exact) mass is 186 g/mol. The number of carbonyl (C=O) groups is 1. The second kappa shape index (κ2) is 4.13. The van der Waals surface area contributed by atoms with Gasteiger partial charge in [0.05, 0.1) is 7.11 Å². The van der Waals surface area contributed by atoms with Crippen molar-refractivity contribution in [3.05, 3.63) is 11.6 Å². The number of dihydropyridines is 1. The smallest absolute Gasteiger partial charge is 0.273 e. The molecule has 0 unspecified atom stereocenters. The molecule has 1 heterocycles. The largest absolute Gasteiger partial charge is 0.274 e. The van der Waals surface area contributed by atoms with Gasteiger partial charge in [-0.15, -0.1) is 0 Å². The van der Waals surface area contributed by atoms with Crippen molar-refractivity contribution in [1.29, 1.82) is 0 Å². The topological polar surface area (TPSA) is 41.9 Å². The second-order valence-corrected chi connectivity index (χ2v) is 2.61. The molecule has 1 amide bonds. The number of likely N-dealkylation sites (N-methyl/N-ethyl adjacent to an activating group) is 1. The average molecular weight is 186 g/mol. The molecule has 0 aliphatic carbocycles. The van der Waals surface area contributed by atoms with E-state index in [4.69, 9.17) is 0 Å². The molecule has 0 saturated heterocycles. The highest BCUT2D eigenvalue weighted by Gasteiger charge is 2.17. The Morgan fingerprint density at radius 1 is 1.77 bits per heavy atom. The van der Waals surface area contributed by atoms with E-state index in [9.17, 15) is 9.18 Å². The average Bonchev–Trinajstić information content (AvgIpc) is 2.15. The van der Waals surface area contributed by atoms with E-state index in [2.05, 4.69) is 9.83 Å². The minimum Gasteiger partial charge on any atom is -0.274 e. The van der Waals surface area contributed by atoms with Gasteiger partial charge in [-0.2, -0.15) is 4.39 Å². The quantitative estimate of drug-likeness (QED) is 0.596. The molecule has 0 aromatic heterocycles. The van der Waals surface area contributed by atoms with Crippen LogP contribution in [0.1, 0.15) is 6.42 Å². The fourth-order valence-corrected chi connectivity index (χ4v) is 0.999. The fourth-order valence-electron chi connectivity index (χ4n) is 0.999. The van der Waals surface area contributed by atoms with Crippen molar-refractivity contribution >= 4 is 11.9 Å². The molecule has 0 spiro atoms. The molecule has 1 rings (SSSR count). The number of hydrogen-bond donors (Lipinski definition) is 0. The van der Waals surface area contributed by atoms with Gasteiger partial charge in [-0.25, -0.2) is 5.06 Å². The molecule has 1 aliphatic rings. The van der Waals surface area contributed by atoms with Crippen molar-refractivity contribution in [1.82, 2.24) is 5.06 Å². The lowest BCUT2D eigenvalue weighted by Crippen LogP contribution is -2.28. The van der Waals surface area contributed by atoms with Crippen LogP contribution in [0, 0.1) is 0 Å². The second-order valence-electron chi connectivity index (χ2n) is 2.61. The fraction of sp³-hybridized carbons (Fsp3) is 0.500. The first-order chi connectivity index (χ1) is 6.15. The van der Waals surface area contributed by atoms with Gasteiger partial charge in [0.1, 0.15) is 0 Å². The van der Waals surface area contributed by atoms with Gasteiger partial charge in [-0.05, 0) is 6.42 Å². The Morgan fingerprint density at radius 3 is 3.00 bits per heavy atom. The highest BCUT2D eigenvalue weighted by atomic mass is 19.1. The molecule has 0 fully saturated rings. The summed E-state index contributed by atoms with van der Waals surface area (Å²) in [6.07, 6.45) is 1.60. The molecule has 0 radical (unpaired) electrons. The van der Waals surface area contributed by atoms with Crippen LogP contribution in [0.15, 0.2) is 16.6 Å². The van der Waals surface area contributed by atoms with Crippen LogP contribution >= 0.6 is 0 Å². The summed E-state index contributed by atoms with van der Waals surface area (Å²) in [7, 11) is 2.86. The Morgan fingerprint density at radius 2 is 2.46 bits per heavy atom. The maximum atomic E-state index is 12.6. The van der Waals surface area contributed by atoms with Gasteiger partial charge in [-0.3, -0.25) is 14.6 Å². The lowest BCUT2D eigenvalue weighted by atomic mass is 10.1. The molecule has 0 aromatic carbocycles. The molecule has 0 aromatic rings. The first kappa shape index (κ1) is 9.85. The van der Waals surface area contributed by atoms with E-state index in [0.29, 0.717) is 18.5 Å². The molecular weight excluding hydrogens is 175 g/mol. The molecule has 5 heteroatoms. The Bertz CT molecular complexity index is 273. The van der Waals surface area contributed by atoms with Crippen LogP contribution in [0.4, 0.5) is 4.39 Å². The van der Waals surface area contributed by atoms with E-state index >= 15 is 0 Å². The first-order valence-electron chi connectivity index (χ1n) is 3.88. The van der Waals surface area contributed by atoms with Crippen LogP contribution < -0.4 is 0 Å². The van der Waals surface area contributed by atoms with Crippen molar-refractivity contribution in [2.24, 2.45) is 4.99 Å². The van der Waals surface area contributed by atoms with Crippen molar-refractivity contribution in [2.75, 3.05) is 20.7 Å². The third-order valence-corrected chi connectivity index (χ3v) is 1.77. The van der Waals surface area contributed by atoms with Gasteiger partial charge in [0, 0.05) is 25.2 Å². The summed E-state index contributed by atoms with van der Waals surface area (Å²) in [4.78, 5) is 19.6. The number of rotatable bonds is 2. The number of allylic oxidation sites excluding steroid dienone is 1. The summed E-state index contributed by atoms with van der Waals surface area (Å²) in [5.74, 6) is -0.924. The molecule has 0 saturated carbocycles. The van der Waals surface area contributed by atoms with Crippen LogP contribution in [0.5, 0.6) is 0 Å². The van der Waals surface area contributed by atoms with E-state index in [0.717, 1.165) is 11.1 Å².